The van der Waals surface area contributed by atoms with Crippen LogP contribution < -0.4 is 14.2 Å². The summed E-state index contributed by atoms with van der Waals surface area (Å²) >= 11 is 0. The first-order valence-corrected chi connectivity index (χ1v) is 11.8. The SMILES string of the molecule is CS(=O)(=O)N(c1ccc(OCCN=C(N)N2CCOCC2)cc1)S(C)(=O)=O. The van der Waals surface area contributed by atoms with Gasteiger partial charge in [-0.25, -0.2) is 21.8 Å². The molecule has 152 valence electrons. The Bertz CT molecular complexity index is 830. The summed E-state index contributed by atoms with van der Waals surface area (Å²) in [6, 6.07) is 5.72. The first-order chi connectivity index (χ1) is 12.6. The van der Waals surface area contributed by atoms with Crippen LogP contribution in [0.1, 0.15) is 0 Å². The first-order valence-electron chi connectivity index (χ1n) is 8.15. The molecule has 1 aromatic carbocycles. The Labute approximate surface area is 159 Å². The Morgan fingerprint density at radius 1 is 1.15 bits per heavy atom. The Kier molecular flexibility index (Phi) is 6.89. The highest BCUT2D eigenvalue weighted by Gasteiger charge is 2.27. The van der Waals surface area contributed by atoms with Crippen LogP contribution in [0.25, 0.3) is 0 Å². The van der Waals surface area contributed by atoms with Crippen LogP contribution in [0.5, 0.6) is 5.75 Å². The molecule has 1 aromatic rings. The van der Waals surface area contributed by atoms with E-state index < -0.39 is 20.0 Å². The van der Waals surface area contributed by atoms with E-state index in [0.717, 1.165) is 12.5 Å². The minimum absolute atomic E-state index is 0.0157. The molecule has 0 saturated carbocycles. The van der Waals surface area contributed by atoms with Crippen LogP contribution in [0, 0.1) is 0 Å². The summed E-state index contributed by atoms with van der Waals surface area (Å²) in [5.74, 6) is 0.898. The number of hydrogen-bond donors (Lipinski definition) is 1. The number of sulfonamides is 2. The molecule has 1 fully saturated rings. The van der Waals surface area contributed by atoms with Crippen molar-refractivity contribution < 1.29 is 26.3 Å². The molecule has 1 aliphatic heterocycles. The number of aliphatic imine (C=N–C) groups is 1. The van der Waals surface area contributed by atoms with Gasteiger partial charge in [0, 0.05) is 13.1 Å². The number of hydrogen-bond acceptors (Lipinski definition) is 7. The Hall–Kier alpha value is -2.05. The molecule has 0 unspecified atom stereocenters. The van der Waals surface area contributed by atoms with Gasteiger partial charge in [-0.05, 0) is 24.3 Å². The van der Waals surface area contributed by atoms with Crippen molar-refractivity contribution in [1.29, 1.82) is 0 Å². The quantitative estimate of drug-likeness (QED) is 0.353. The average molecular weight is 421 g/mol. The topological polar surface area (TPSA) is 132 Å². The highest BCUT2D eigenvalue weighted by molar-refractivity contribution is 8.09. The van der Waals surface area contributed by atoms with E-state index >= 15 is 0 Å². The van der Waals surface area contributed by atoms with Crippen molar-refractivity contribution in [3.05, 3.63) is 24.3 Å². The van der Waals surface area contributed by atoms with E-state index in [9.17, 15) is 16.8 Å². The van der Waals surface area contributed by atoms with E-state index in [2.05, 4.69) is 4.99 Å². The summed E-state index contributed by atoms with van der Waals surface area (Å²) in [4.78, 5) is 6.18. The van der Waals surface area contributed by atoms with Gasteiger partial charge in [0.2, 0.25) is 20.0 Å². The molecule has 10 nitrogen and oxygen atoms in total. The molecule has 0 spiro atoms. The predicted molar refractivity (Wildman–Crippen MR) is 103 cm³/mol. The van der Waals surface area contributed by atoms with Gasteiger partial charge in [0.25, 0.3) is 0 Å². The van der Waals surface area contributed by atoms with Crippen molar-refractivity contribution in [3.63, 3.8) is 0 Å². The van der Waals surface area contributed by atoms with Gasteiger partial charge >= 0.3 is 0 Å². The third-order valence-electron chi connectivity index (χ3n) is 3.62. The standard InChI is InChI=1S/C15H24N4O6S2/c1-26(20,21)19(27(2,22)23)13-3-5-14(6-4-13)25-10-7-17-15(16)18-8-11-24-12-9-18/h3-6H,7-12H2,1-2H3,(H2,16,17). The third-order valence-corrected chi connectivity index (χ3v) is 6.87. The fourth-order valence-corrected chi connectivity index (χ4v) is 5.49. The summed E-state index contributed by atoms with van der Waals surface area (Å²) < 4.78 is 58.1. The molecule has 1 saturated heterocycles. The van der Waals surface area contributed by atoms with Gasteiger partial charge in [0.1, 0.15) is 12.4 Å². The van der Waals surface area contributed by atoms with Crippen LogP contribution in [0.15, 0.2) is 29.3 Å². The molecule has 0 atom stereocenters. The van der Waals surface area contributed by atoms with Gasteiger partial charge in [-0.3, -0.25) is 0 Å². The maximum atomic E-state index is 11.7. The molecule has 0 bridgehead atoms. The number of nitrogens with zero attached hydrogens (tertiary/aromatic N) is 3. The van der Waals surface area contributed by atoms with Gasteiger partial charge in [-0.15, -0.1) is 0 Å². The van der Waals surface area contributed by atoms with E-state index in [1.807, 2.05) is 4.90 Å². The molecule has 0 aliphatic carbocycles. The van der Waals surface area contributed by atoms with E-state index in [4.69, 9.17) is 15.2 Å². The highest BCUT2D eigenvalue weighted by Crippen LogP contribution is 2.23. The van der Waals surface area contributed by atoms with E-state index in [1.165, 1.54) is 24.3 Å². The summed E-state index contributed by atoms with van der Waals surface area (Å²) in [6.07, 6.45) is 1.66. The lowest BCUT2D eigenvalue weighted by atomic mass is 10.3. The minimum Gasteiger partial charge on any atom is -0.492 e. The maximum absolute atomic E-state index is 11.7. The van der Waals surface area contributed by atoms with Gasteiger partial charge in [0.15, 0.2) is 5.96 Å². The lowest BCUT2D eigenvalue weighted by Gasteiger charge is -2.27. The van der Waals surface area contributed by atoms with Crippen molar-refractivity contribution in [1.82, 2.24) is 4.90 Å². The molecule has 27 heavy (non-hydrogen) atoms. The molecule has 1 aliphatic rings. The minimum atomic E-state index is -3.97. The molecular formula is C15H24N4O6S2. The van der Waals surface area contributed by atoms with Crippen molar-refractivity contribution in [2.45, 2.75) is 0 Å². The van der Waals surface area contributed by atoms with E-state index in [0.29, 0.717) is 48.3 Å². The van der Waals surface area contributed by atoms with Crippen LogP contribution in [0.4, 0.5) is 5.69 Å². The van der Waals surface area contributed by atoms with Crippen LogP contribution in [-0.4, -0.2) is 79.7 Å². The second kappa shape index (κ2) is 8.76. The number of ether oxygens (including phenoxy) is 2. The third kappa shape index (κ3) is 6.26. The van der Waals surface area contributed by atoms with Gasteiger partial charge in [-0.2, -0.15) is 3.71 Å². The zero-order valence-electron chi connectivity index (χ0n) is 15.2. The van der Waals surface area contributed by atoms with Crippen LogP contribution in [0.2, 0.25) is 0 Å². The van der Waals surface area contributed by atoms with Crippen LogP contribution >= 0.6 is 0 Å². The normalized spacial score (nSPS) is 16.2. The summed E-state index contributed by atoms with van der Waals surface area (Å²) in [5, 5.41) is 0. The lowest BCUT2D eigenvalue weighted by Crippen LogP contribution is -2.45. The van der Waals surface area contributed by atoms with Crippen LogP contribution in [0.3, 0.4) is 0 Å². The fourth-order valence-electron chi connectivity index (χ4n) is 2.51. The molecular weight excluding hydrogens is 396 g/mol. The van der Waals surface area contributed by atoms with Crippen molar-refractivity contribution >= 4 is 31.7 Å². The zero-order chi connectivity index (χ0) is 20.1. The molecule has 0 radical (unpaired) electrons. The van der Waals surface area contributed by atoms with E-state index in [-0.39, 0.29) is 12.3 Å². The molecule has 0 aromatic heterocycles. The Morgan fingerprint density at radius 2 is 1.70 bits per heavy atom. The van der Waals surface area contributed by atoms with Crippen LogP contribution in [-0.2, 0) is 24.8 Å². The summed E-state index contributed by atoms with van der Waals surface area (Å²) in [5.41, 5.74) is 5.92. The van der Waals surface area contributed by atoms with Crippen molar-refractivity contribution in [2.24, 2.45) is 10.7 Å². The first kappa shape index (κ1) is 21.3. The van der Waals surface area contributed by atoms with Gasteiger partial charge in [-0.1, -0.05) is 0 Å². The Morgan fingerprint density at radius 3 is 2.22 bits per heavy atom. The molecule has 0 amide bonds. The predicted octanol–water partition coefficient (Wildman–Crippen LogP) is -0.562. The van der Waals surface area contributed by atoms with E-state index in [1.54, 1.807) is 0 Å². The second-order valence-electron chi connectivity index (χ2n) is 5.90. The molecule has 12 heteroatoms. The zero-order valence-corrected chi connectivity index (χ0v) is 16.9. The lowest BCUT2D eigenvalue weighted by molar-refractivity contribution is 0.0674. The number of rotatable bonds is 7. The maximum Gasteiger partial charge on any atom is 0.245 e. The Balaban J connectivity index is 1.94. The summed E-state index contributed by atoms with van der Waals surface area (Å²) in [6.45, 7) is 3.27. The number of guanidine groups is 1. The van der Waals surface area contributed by atoms with Gasteiger partial charge < -0.3 is 20.1 Å². The summed E-state index contributed by atoms with van der Waals surface area (Å²) in [7, 11) is -7.94. The van der Waals surface area contributed by atoms with Crippen molar-refractivity contribution in [3.8, 4) is 5.75 Å². The van der Waals surface area contributed by atoms with Crippen molar-refractivity contribution in [2.75, 3.05) is 55.7 Å². The smallest absolute Gasteiger partial charge is 0.245 e. The average Bonchev–Trinajstić information content (AvgIpc) is 2.58. The largest absolute Gasteiger partial charge is 0.492 e. The number of anilines is 1. The fraction of sp³-hybridized carbons (Fsp3) is 0.533. The van der Waals surface area contributed by atoms with Gasteiger partial charge in [0.05, 0.1) is 38.0 Å². The number of benzene rings is 1. The number of morpholine rings is 1. The molecule has 2 rings (SSSR count). The second-order valence-corrected chi connectivity index (χ2v) is 9.80. The molecule has 1 heterocycles. The highest BCUT2D eigenvalue weighted by atomic mass is 32.3. The monoisotopic (exact) mass is 420 g/mol. The number of nitrogens with two attached hydrogens (primary N) is 1. The molecule has 2 N–H and O–H groups in total.